The lowest BCUT2D eigenvalue weighted by atomic mass is 9.87. The molecule has 6 heteroatoms. The molecular formula is C25H30N4O2. The summed E-state index contributed by atoms with van der Waals surface area (Å²) in [5.41, 5.74) is 8.48. The van der Waals surface area contributed by atoms with Gasteiger partial charge in [-0.1, -0.05) is 48.5 Å². The van der Waals surface area contributed by atoms with Gasteiger partial charge in [0.1, 0.15) is 0 Å². The molecule has 3 aromatic rings. The predicted molar refractivity (Wildman–Crippen MR) is 124 cm³/mol. The van der Waals surface area contributed by atoms with E-state index in [1.54, 1.807) is 6.20 Å². The highest BCUT2D eigenvalue weighted by molar-refractivity contribution is 5.94. The molecule has 5 N–H and O–H groups in total. The number of nitrogens with two attached hydrogens (primary N) is 1. The van der Waals surface area contributed by atoms with Crippen LogP contribution in [-0.2, 0) is 11.2 Å². The number of aromatic nitrogens is 1. The molecule has 2 heterocycles. The van der Waals surface area contributed by atoms with Gasteiger partial charge in [-0.15, -0.1) is 0 Å². The van der Waals surface area contributed by atoms with E-state index in [4.69, 9.17) is 5.73 Å². The number of aliphatic hydroxyl groups is 1. The van der Waals surface area contributed by atoms with Crippen LogP contribution in [0.25, 0.3) is 10.9 Å². The molecule has 0 aliphatic carbocycles. The Bertz CT molecular complexity index is 1010. The Morgan fingerprint density at radius 3 is 2.74 bits per heavy atom. The molecular weight excluding hydrogens is 388 g/mol. The monoisotopic (exact) mass is 418 g/mol. The number of fused-ring (bicyclic) bond motifs is 1. The van der Waals surface area contributed by atoms with Crippen molar-refractivity contribution in [2.75, 3.05) is 18.4 Å². The highest BCUT2D eigenvalue weighted by Gasteiger charge is 2.36. The van der Waals surface area contributed by atoms with Gasteiger partial charge in [-0.3, -0.25) is 9.78 Å². The van der Waals surface area contributed by atoms with Crippen molar-refractivity contribution in [2.45, 2.75) is 31.4 Å². The minimum absolute atomic E-state index is 0.130. The minimum Gasteiger partial charge on any atom is -0.391 e. The Morgan fingerprint density at radius 1 is 1.19 bits per heavy atom. The summed E-state index contributed by atoms with van der Waals surface area (Å²) in [7, 11) is 0. The molecule has 0 radical (unpaired) electrons. The number of nitrogens with one attached hydrogen (secondary N) is 2. The summed E-state index contributed by atoms with van der Waals surface area (Å²) in [6, 6.07) is 19.6. The summed E-state index contributed by atoms with van der Waals surface area (Å²) in [5, 5.41) is 18.4. The largest absolute Gasteiger partial charge is 0.391 e. The first-order chi connectivity index (χ1) is 15.1. The Morgan fingerprint density at radius 2 is 1.97 bits per heavy atom. The Hall–Kier alpha value is -2.80. The minimum atomic E-state index is -0.784. The highest BCUT2D eigenvalue weighted by atomic mass is 16.3. The van der Waals surface area contributed by atoms with Crippen LogP contribution >= 0.6 is 0 Å². The van der Waals surface area contributed by atoms with E-state index in [2.05, 4.69) is 15.6 Å². The van der Waals surface area contributed by atoms with Gasteiger partial charge < -0.3 is 21.5 Å². The van der Waals surface area contributed by atoms with Gasteiger partial charge in [0.15, 0.2) is 0 Å². The van der Waals surface area contributed by atoms with Crippen LogP contribution in [-0.4, -0.2) is 41.2 Å². The van der Waals surface area contributed by atoms with Gasteiger partial charge in [0.2, 0.25) is 5.91 Å². The number of benzene rings is 2. The first-order valence-electron chi connectivity index (χ1n) is 10.9. The number of carbonyl (C=O) groups excluding carboxylic acids is 1. The van der Waals surface area contributed by atoms with Crippen LogP contribution in [0.4, 0.5) is 5.69 Å². The normalized spacial score (nSPS) is 20.5. The molecule has 2 aromatic carbocycles. The molecule has 6 nitrogen and oxygen atoms in total. The maximum absolute atomic E-state index is 13.3. The molecule has 1 aromatic heterocycles. The summed E-state index contributed by atoms with van der Waals surface area (Å²) in [5.74, 6) is -0.388. The number of hydrogen-bond acceptors (Lipinski definition) is 5. The van der Waals surface area contributed by atoms with Crippen LogP contribution in [0.15, 0.2) is 66.9 Å². The molecule has 1 aliphatic heterocycles. The summed E-state index contributed by atoms with van der Waals surface area (Å²) >= 11 is 0. The lowest BCUT2D eigenvalue weighted by Gasteiger charge is -2.27. The zero-order valence-corrected chi connectivity index (χ0v) is 17.6. The Labute approximate surface area is 182 Å². The van der Waals surface area contributed by atoms with E-state index in [0.717, 1.165) is 35.9 Å². The van der Waals surface area contributed by atoms with Crippen molar-refractivity contribution in [3.63, 3.8) is 0 Å². The van der Waals surface area contributed by atoms with E-state index in [-0.39, 0.29) is 11.9 Å². The van der Waals surface area contributed by atoms with E-state index >= 15 is 0 Å². The van der Waals surface area contributed by atoms with Crippen LogP contribution in [0.2, 0.25) is 0 Å². The van der Waals surface area contributed by atoms with Crippen LogP contribution in [0.1, 0.15) is 18.4 Å². The quantitative estimate of drug-likeness (QED) is 0.451. The third-order valence-electron chi connectivity index (χ3n) is 6.20. The summed E-state index contributed by atoms with van der Waals surface area (Å²) in [6.07, 6.45) is 2.94. The van der Waals surface area contributed by atoms with Crippen LogP contribution < -0.4 is 16.4 Å². The van der Waals surface area contributed by atoms with Gasteiger partial charge in [-0.25, -0.2) is 0 Å². The summed E-state index contributed by atoms with van der Waals surface area (Å²) in [4.78, 5) is 17.7. The molecule has 1 saturated heterocycles. The lowest BCUT2D eigenvalue weighted by Crippen LogP contribution is -2.44. The average Bonchev–Trinajstić information content (AvgIpc) is 3.29. The fraction of sp³-hybridized carbons (Fsp3) is 0.360. The van der Waals surface area contributed by atoms with Gasteiger partial charge in [0, 0.05) is 11.4 Å². The van der Waals surface area contributed by atoms with Gasteiger partial charge >= 0.3 is 0 Å². The maximum Gasteiger partial charge on any atom is 0.230 e. The highest BCUT2D eigenvalue weighted by Crippen LogP contribution is 2.25. The number of nitrogens with zero attached hydrogens (tertiary/aromatic N) is 1. The molecule has 0 spiro atoms. The number of para-hydroxylation sites is 1. The van der Waals surface area contributed by atoms with Crippen molar-refractivity contribution in [1.29, 1.82) is 0 Å². The first kappa shape index (κ1) is 21.4. The van der Waals surface area contributed by atoms with Gasteiger partial charge in [0.05, 0.1) is 29.4 Å². The van der Waals surface area contributed by atoms with Gasteiger partial charge in [-0.2, -0.15) is 0 Å². The number of hydrogen-bond donors (Lipinski definition) is 4. The second kappa shape index (κ2) is 10.0. The molecule has 31 heavy (non-hydrogen) atoms. The number of pyridine rings is 1. The van der Waals surface area contributed by atoms with Crippen LogP contribution in [0, 0.1) is 11.8 Å². The summed E-state index contributed by atoms with van der Waals surface area (Å²) in [6.45, 7) is 1.36. The standard InChI is InChI=1S/C25H30N4O2/c26-14-18-12-23(27-15-18)24(30)21(11-10-17-6-2-1-3-7-17)25(31)29-20-13-19-8-4-5-9-22(19)28-16-20/h1-9,13,16,18,21,23-24,27,30H,10-12,14-15,26H2,(H,29,31)/t18-,21-,23-,24?/m1/s1. The van der Waals surface area contributed by atoms with Crippen molar-refractivity contribution in [1.82, 2.24) is 10.3 Å². The second-order valence-corrected chi connectivity index (χ2v) is 8.38. The van der Waals surface area contributed by atoms with Crippen molar-refractivity contribution in [3.8, 4) is 0 Å². The molecule has 1 unspecified atom stereocenters. The van der Waals surface area contributed by atoms with E-state index in [9.17, 15) is 9.90 Å². The summed E-state index contributed by atoms with van der Waals surface area (Å²) < 4.78 is 0. The Kier molecular flexibility index (Phi) is 6.92. The van der Waals surface area contributed by atoms with E-state index in [0.29, 0.717) is 24.6 Å². The molecule has 162 valence electrons. The smallest absolute Gasteiger partial charge is 0.230 e. The number of rotatable bonds is 8. The number of anilines is 1. The number of amides is 1. The van der Waals surface area contributed by atoms with Crippen molar-refractivity contribution in [3.05, 3.63) is 72.4 Å². The fourth-order valence-corrected chi connectivity index (χ4v) is 4.36. The number of aliphatic hydroxyl groups excluding tert-OH is 1. The molecule has 4 atom stereocenters. The SMILES string of the molecule is NC[C@@H]1CN[C@@H](C(O)[C@@H](CCc2ccccc2)C(=O)Nc2cnc3ccccc3c2)C1. The van der Waals surface area contributed by atoms with Crippen LogP contribution in [0.3, 0.4) is 0 Å². The molecule has 4 rings (SSSR count). The zero-order valence-electron chi connectivity index (χ0n) is 17.6. The molecule has 1 aliphatic rings. The Balaban J connectivity index is 1.50. The van der Waals surface area contributed by atoms with Crippen LogP contribution in [0.5, 0.6) is 0 Å². The number of carbonyl (C=O) groups is 1. The van der Waals surface area contributed by atoms with Gasteiger partial charge in [-0.05, 0) is 56.0 Å². The van der Waals surface area contributed by atoms with E-state index in [1.165, 1.54) is 0 Å². The van der Waals surface area contributed by atoms with Crippen molar-refractivity contribution < 1.29 is 9.90 Å². The molecule has 1 amide bonds. The number of aryl methyl sites for hydroxylation is 1. The topological polar surface area (TPSA) is 100 Å². The molecule has 0 bridgehead atoms. The average molecular weight is 419 g/mol. The zero-order chi connectivity index (χ0) is 21.6. The molecule has 1 fully saturated rings. The fourth-order valence-electron chi connectivity index (χ4n) is 4.36. The molecule has 0 saturated carbocycles. The first-order valence-corrected chi connectivity index (χ1v) is 10.9. The lowest BCUT2D eigenvalue weighted by molar-refractivity contribution is -0.124. The maximum atomic E-state index is 13.3. The second-order valence-electron chi connectivity index (χ2n) is 8.38. The third kappa shape index (κ3) is 5.28. The predicted octanol–water partition coefficient (Wildman–Crippen LogP) is 2.72. The van der Waals surface area contributed by atoms with Crippen molar-refractivity contribution >= 4 is 22.5 Å². The van der Waals surface area contributed by atoms with Gasteiger partial charge in [0.25, 0.3) is 0 Å². The third-order valence-corrected chi connectivity index (χ3v) is 6.20. The van der Waals surface area contributed by atoms with E-state index < -0.39 is 12.0 Å². The van der Waals surface area contributed by atoms with Crippen molar-refractivity contribution in [2.24, 2.45) is 17.6 Å². The van der Waals surface area contributed by atoms with E-state index in [1.807, 2.05) is 60.7 Å².